The average Bonchev–Trinajstić information content (AvgIpc) is 2.96. The van der Waals surface area contributed by atoms with Crippen LogP contribution in [0.2, 0.25) is 0 Å². The number of hydrogen-bond acceptors (Lipinski definition) is 5. The van der Waals surface area contributed by atoms with Gasteiger partial charge >= 0.3 is 5.97 Å². The van der Waals surface area contributed by atoms with Crippen LogP contribution in [0.5, 0.6) is 11.6 Å². The van der Waals surface area contributed by atoms with E-state index in [0.29, 0.717) is 11.3 Å². The number of aromatic carboxylic acids is 1. The van der Waals surface area contributed by atoms with Crippen LogP contribution in [-0.4, -0.2) is 26.1 Å². The minimum atomic E-state index is -1.21. The number of nitrogens with zero attached hydrogens (tertiary/aromatic N) is 4. The molecule has 0 radical (unpaired) electrons. The Kier molecular flexibility index (Phi) is 3.95. The van der Waals surface area contributed by atoms with Crippen LogP contribution in [0.15, 0.2) is 48.5 Å². The van der Waals surface area contributed by atoms with Crippen LogP contribution in [0.4, 0.5) is 0 Å². The highest BCUT2D eigenvalue weighted by atomic mass is 16.5. The Morgan fingerprint density at radius 2 is 1.96 bits per heavy atom. The Bertz CT molecular complexity index is 939. The number of carboxylic acids is 1. The fourth-order valence-electron chi connectivity index (χ4n) is 2.19. The van der Waals surface area contributed by atoms with Gasteiger partial charge in [0.25, 0.3) is 5.88 Å². The van der Waals surface area contributed by atoms with E-state index in [1.165, 1.54) is 4.68 Å². The molecule has 118 valence electrons. The minimum absolute atomic E-state index is 0.0572. The normalized spacial score (nSPS) is 10.2. The first-order valence-corrected chi connectivity index (χ1v) is 7.00. The van der Waals surface area contributed by atoms with E-state index >= 15 is 0 Å². The van der Waals surface area contributed by atoms with E-state index < -0.39 is 5.97 Å². The second-order valence-electron chi connectivity index (χ2n) is 4.99. The van der Waals surface area contributed by atoms with Gasteiger partial charge in [-0.2, -0.15) is 5.26 Å². The molecule has 0 spiro atoms. The van der Waals surface area contributed by atoms with Gasteiger partial charge in [0, 0.05) is 7.05 Å². The SMILES string of the molecule is Cn1nnc(C(=O)O)c1Oc1ccc(-c2cccc(C#N)c2)cc1. The second kappa shape index (κ2) is 6.22. The number of benzene rings is 2. The molecule has 1 heterocycles. The molecule has 0 bridgehead atoms. The highest BCUT2D eigenvalue weighted by Crippen LogP contribution is 2.27. The van der Waals surface area contributed by atoms with Crippen molar-refractivity contribution in [2.24, 2.45) is 7.05 Å². The number of nitriles is 1. The van der Waals surface area contributed by atoms with E-state index in [9.17, 15) is 4.79 Å². The van der Waals surface area contributed by atoms with Crippen LogP contribution < -0.4 is 4.74 Å². The Hall–Kier alpha value is -3.66. The Morgan fingerprint density at radius 1 is 1.21 bits per heavy atom. The lowest BCUT2D eigenvalue weighted by atomic mass is 10.0. The topological polar surface area (TPSA) is 101 Å². The number of hydrogen-bond donors (Lipinski definition) is 1. The Balaban J connectivity index is 1.87. The third-order valence-corrected chi connectivity index (χ3v) is 3.37. The third kappa shape index (κ3) is 2.94. The van der Waals surface area contributed by atoms with E-state index in [0.717, 1.165) is 11.1 Å². The number of aryl methyl sites for hydroxylation is 1. The third-order valence-electron chi connectivity index (χ3n) is 3.37. The molecule has 0 aliphatic heterocycles. The molecule has 0 aliphatic rings. The van der Waals surface area contributed by atoms with Crippen molar-refractivity contribution >= 4 is 5.97 Å². The molecule has 7 heteroatoms. The average molecular weight is 320 g/mol. The molecule has 3 rings (SSSR count). The van der Waals surface area contributed by atoms with Gasteiger partial charge in [-0.3, -0.25) is 0 Å². The number of aromatic nitrogens is 3. The molecule has 2 aromatic carbocycles. The zero-order valence-electron chi connectivity index (χ0n) is 12.7. The van der Waals surface area contributed by atoms with Crippen LogP contribution >= 0.6 is 0 Å². The van der Waals surface area contributed by atoms with Crippen molar-refractivity contribution < 1.29 is 14.6 Å². The number of carboxylic acid groups (broad SMARTS) is 1. The summed E-state index contributed by atoms with van der Waals surface area (Å²) >= 11 is 0. The summed E-state index contributed by atoms with van der Waals surface area (Å²) < 4.78 is 6.84. The fourth-order valence-corrected chi connectivity index (χ4v) is 2.19. The quantitative estimate of drug-likeness (QED) is 0.793. The first kappa shape index (κ1) is 15.2. The maximum atomic E-state index is 11.1. The zero-order chi connectivity index (χ0) is 17.1. The van der Waals surface area contributed by atoms with Gasteiger partial charge < -0.3 is 9.84 Å². The zero-order valence-corrected chi connectivity index (χ0v) is 12.7. The highest BCUT2D eigenvalue weighted by molar-refractivity contribution is 5.87. The van der Waals surface area contributed by atoms with E-state index in [-0.39, 0.29) is 11.6 Å². The van der Waals surface area contributed by atoms with Gasteiger partial charge in [0.15, 0.2) is 0 Å². The van der Waals surface area contributed by atoms with Gasteiger partial charge in [-0.25, -0.2) is 9.48 Å². The molecule has 1 aromatic heterocycles. The van der Waals surface area contributed by atoms with E-state index in [4.69, 9.17) is 15.1 Å². The molecule has 0 saturated heterocycles. The Labute approximate surface area is 137 Å². The van der Waals surface area contributed by atoms with Gasteiger partial charge in [-0.15, -0.1) is 5.10 Å². The first-order chi connectivity index (χ1) is 11.6. The van der Waals surface area contributed by atoms with Crippen molar-refractivity contribution in [1.29, 1.82) is 5.26 Å². The summed E-state index contributed by atoms with van der Waals surface area (Å²) in [6, 6.07) is 16.5. The monoisotopic (exact) mass is 320 g/mol. The fraction of sp³-hybridized carbons (Fsp3) is 0.0588. The van der Waals surface area contributed by atoms with Gasteiger partial charge in [0.05, 0.1) is 11.6 Å². The number of ether oxygens (including phenoxy) is 1. The highest BCUT2D eigenvalue weighted by Gasteiger charge is 2.19. The van der Waals surface area contributed by atoms with Gasteiger partial charge in [0.1, 0.15) is 5.75 Å². The van der Waals surface area contributed by atoms with Crippen molar-refractivity contribution in [3.05, 3.63) is 59.8 Å². The molecular formula is C17H12N4O3. The van der Waals surface area contributed by atoms with Gasteiger partial charge in [-0.1, -0.05) is 29.5 Å². The minimum Gasteiger partial charge on any atom is -0.476 e. The van der Waals surface area contributed by atoms with Crippen molar-refractivity contribution in [3.63, 3.8) is 0 Å². The summed E-state index contributed by atoms with van der Waals surface area (Å²) in [6.45, 7) is 0. The maximum Gasteiger partial charge on any atom is 0.362 e. The lowest BCUT2D eigenvalue weighted by Crippen LogP contribution is -2.01. The van der Waals surface area contributed by atoms with Crippen molar-refractivity contribution in [1.82, 2.24) is 15.0 Å². The molecule has 7 nitrogen and oxygen atoms in total. The molecule has 0 saturated carbocycles. The predicted octanol–water partition coefficient (Wildman–Crippen LogP) is 2.84. The van der Waals surface area contributed by atoms with Crippen molar-refractivity contribution in [2.75, 3.05) is 0 Å². The second-order valence-corrected chi connectivity index (χ2v) is 4.99. The van der Waals surface area contributed by atoms with Crippen molar-refractivity contribution in [2.45, 2.75) is 0 Å². The summed E-state index contributed by atoms with van der Waals surface area (Å²) in [5.41, 5.74) is 2.17. The van der Waals surface area contributed by atoms with Gasteiger partial charge in [-0.05, 0) is 35.4 Å². The van der Waals surface area contributed by atoms with Crippen LogP contribution in [0.25, 0.3) is 11.1 Å². The Morgan fingerprint density at radius 3 is 2.62 bits per heavy atom. The lowest BCUT2D eigenvalue weighted by molar-refractivity contribution is 0.0687. The molecule has 0 fully saturated rings. The van der Waals surface area contributed by atoms with Crippen LogP contribution in [0.1, 0.15) is 16.1 Å². The molecule has 0 amide bonds. The van der Waals surface area contributed by atoms with E-state index in [2.05, 4.69) is 16.4 Å². The number of carbonyl (C=O) groups is 1. The van der Waals surface area contributed by atoms with Crippen LogP contribution in [-0.2, 0) is 7.05 Å². The van der Waals surface area contributed by atoms with E-state index in [1.54, 1.807) is 31.3 Å². The number of rotatable bonds is 4. The summed E-state index contributed by atoms with van der Waals surface area (Å²) in [6.07, 6.45) is 0. The van der Waals surface area contributed by atoms with Crippen molar-refractivity contribution in [3.8, 4) is 28.8 Å². The predicted molar refractivity (Wildman–Crippen MR) is 84.6 cm³/mol. The van der Waals surface area contributed by atoms with Gasteiger partial charge in [0.2, 0.25) is 5.69 Å². The standard InChI is InChI=1S/C17H12N4O3/c1-21-16(15(17(22)23)19-20-21)24-14-7-5-12(6-8-14)13-4-2-3-11(9-13)10-18/h2-9H,1H3,(H,22,23). The van der Waals surface area contributed by atoms with Crippen LogP contribution in [0.3, 0.4) is 0 Å². The van der Waals surface area contributed by atoms with E-state index in [1.807, 2.05) is 24.3 Å². The molecule has 3 aromatic rings. The first-order valence-electron chi connectivity index (χ1n) is 7.00. The maximum absolute atomic E-state index is 11.1. The summed E-state index contributed by atoms with van der Waals surface area (Å²) in [5, 5.41) is 25.2. The summed E-state index contributed by atoms with van der Waals surface area (Å²) in [4.78, 5) is 11.1. The molecular weight excluding hydrogens is 308 g/mol. The molecule has 1 N–H and O–H groups in total. The smallest absolute Gasteiger partial charge is 0.362 e. The molecule has 0 unspecified atom stereocenters. The summed E-state index contributed by atoms with van der Waals surface area (Å²) in [5.74, 6) is -0.687. The molecule has 0 atom stereocenters. The molecule has 0 aliphatic carbocycles. The summed E-state index contributed by atoms with van der Waals surface area (Å²) in [7, 11) is 1.55. The van der Waals surface area contributed by atoms with Crippen LogP contribution in [0, 0.1) is 11.3 Å². The molecule has 24 heavy (non-hydrogen) atoms. The largest absolute Gasteiger partial charge is 0.476 e. The lowest BCUT2D eigenvalue weighted by Gasteiger charge is -2.07.